The van der Waals surface area contributed by atoms with Gasteiger partial charge in [-0.25, -0.2) is 4.79 Å². The average molecular weight is 409 g/mol. The second kappa shape index (κ2) is 8.39. The zero-order valence-electron chi connectivity index (χ0n) is 18.5. The molecule has 154 valence electrons. The van der Waals surface area contributed by atoms with Crippen LogP contribution in [0.2, 0.25) is 0 Å². The number of benzene rings is 2. The van der Waals surface area contributed by atoms with E-state index in [0.717, 1.165) is 17.5 Å². The lowest BCUT2D eigenvalue weighted by Gasteiger charge is -2.41. The fourth-order valence-corrected chi connectivity index (χ4v) is 5.98. The van der Waals surface area contributed by atoms with Gasteiger partial charge in [-0.05, 0) is 66.5 Å². The highest BCUT2D eigenvalue weighted by molar-refractivity contribution is 8.00. The van der Waals surface area contributed by atoms with Crippen LogP contribution in [0.5, 0.6) is 0 Å². The van der Waals surface area contributed by atoms with Crippen molar-refractivity contribution in [1.29, 1.82) is 0 Å². The van der Waals surface area contributed by atoms with Crippen molar-refractivity contribution in [2.45, 2.75) is 69.4 Å². The van der Waals surface area contributed by atoms with E-state index < -0.39 is 0 Å². The SMILES string of the molecule is CCOC(=O)c1ccc(/C=C/Cc2ccc3c(c2)C(C)(C)CC(C)(C)S3)cc1C. The minimum absolute atomic E-state index is 0.198. The fourth-order valence-electron chi connectivity index (χ4n) is 4.37. The van der Waals surface area contributed by atoms with Gasteiger partial charge >= 0.3 is 5.97 Å². The molecule has 0 atom stereocenters. The average Bonchev–Trinajstić information content (AvgIpc) is 2.61. The number of ether oxygens (including phenoxy) is 1. The summed E-state index contributed by atoms with van der Waals surface area (Å²) >= 11 is 2.00. The van der Waals surface area contributed by atoms with E-state index >= 15 is 0 Å². The van der Waals surface area contributed by atoms with Crippen LogP contribution in [0.15, 0.2) is 47.4 Å². The molecule has 0 fully saturated rings. The number of fused-ring (bicyclic) bond motifs is 1. The van der Waals surface area contributed by atoms with Gasteiger partial charge in [-0.3, -0.25) is 0 Å². The number of allylic oxidation sites excluding steroid dienone is 1. The van der Waals surface area contributed by atoms with Crippen molar-refractivity contribution in [2.75, 3.05) is 6.61 Å². The monoisotopic (exact) mass is 408 g/mol. The largest absolute Gasteiger partial charge is 0.462 e. The molecule has 0 saturated heterocycles. The normalized spacial score (nSPS) is 17.2. The molecule has 2 aromatic carbocycles. The number of esters is 1. The lowest BCUT2D eigenvalue weighted by atomic mass is 9.76. The Labute approximate surface area is 179 Å². The summed E-state index contributed by atoms with van der Waals surface area (Å²) in [5.41, 5.74) is 5.70. The van der Waals surface area contributed by atoms with Gasteiger partial charge in [-0.1, -0.05) is 64.1 Å². The lowest BCUT2D eigenvalue weighted by molar-refractivity contribution is 0.0525. The quantitative estimate of drug-likeness (QED) is 0.499. The van der Waals surface area contributed by atoms with Crippen molar-refractivity contribution in [3.05, 3.63) is 70.3 Å². The van der Waals surface area contributed by atoms with Gasteiger partial charge in [0.15, 0.2) is 0 Å². The van der Waals surface area contributed by atoms with Gasteiger partial charge < -0.3 is 4.74 Å². The molecule has 29 heavy (non-hydrogen) atoms. The Bertz CT molecular complexity index is 938. The molecule has 0 N–H and O–H groups in total. The molecule has 0 aliphatic carbocycles. The number of hydrogen-bond acceptors (Lipinski definition) is 3. The van der Waals surface area contributed by atoms with Crippen LogP contribution in [0.1, 0.15) is 73.7 Å². The number of hydrogen-bond donors (Lipinski definition) is 0. The van der Waals surface area contributed by atoms with Gasteiger partial charge in [0.1, 0.15) is 0 Å². The second-order valence-electron chi connectivity index (χ2n) is 9.15. The highest BCUT2D eigenvalue weighted by Crippen LogP contribution is 2.51. The van der Waals surface area contributed by atoms with Crippen LogP contribution in [0.25, 0.3) is 6.08 Å². The zero-order chi connectivity index (χ0) is 21.2. The first-order valence-corrected chi connectivity index (χ1v) is 11.2. The molecular formula is C26H32O2S. The van der Waals surface area contributed by atoms with Crippen LogP contribution in [-0.2, 0) is 16.6 Å². The minimum atomic E-state index is -0.252. The van der Waals surface area contributed by atoms with Crippen LogP contribution in [0.3, 0.4) is 0 Å². The Balaban J connectivity index is 1.73. The van der Waals surface area contributed by atoms with Gasteiger partial charge in [0, 0.05) is 9.64 Å². The van der Waals surface area contributed by atoms with E-state index in [0.29, 0.717) is 12.2 Å². The van der Waals surface area contributed by atoms with Crippen molar-refractivity contribution >= 4 is 23.8 Å². The highest BCUT2D eigenvalue weighted by atomic mass is 32.2. The summed E-state index contributed by atoms with van der Waals surface area (Å²) < 4.78 is 5.39. The molecule has 3 rings (SSSR count). The van der Waals surface area contributed by atoms with E-state index in [1.165, 1.54) is 22.4 Å². The van der Waals surface area contributed by atoms with Gasteiger partial charge in [0.05, 0.1) is 12.2 Å². The Morgan fingerprint density at radius 1 is 1.14 bits per heavy atom. The molecule has 2 nitrogen and oxygen atoms in total. The van der Waals surface area contributed by atoms with Crippen molar-refractivity contribution in [1.82, 2.24) is 0 Å². The number of carbonyl (C=O) groups is 1. The molecule has 0 amide bonds. The smallest absolute Gasteiger partial charge is 0.338 e. The van der Waals surface area contributed by atoms with Crippen LogP contribution in [0.4, 0.5) is 0 Å². The van der Waals surface area contributed by atoms with E-state index in [9.17, 15) is 4.79 Å². The molecule has 0 saturated carbocycles. The molecule has 3 heteroatoms. The lowest BCUT2D eigenvalue weighted by Crippen LogP contribution is -2.33. The minimum Gasteiger partial charge on any atom is -0.462 e. The summed E-state index contributed by atoms with van der Waals surface area (Å²) in [7, 11) is 0. The van der Waals surface area contributed by atoms with Gasteiger partial charge in [0.25, 0.3) is 0 Å². The van der Waals surface area contributed by atoms with Gasteiger partial charge in [-0.2, -0.15) is 0 Å². The summed E-state index contributed by atoms with van der Waals surface area (Å²) in [6, 6.07) is 12.8. The third kappa shape index (κ3) is 5.14. The Kier molecular flexibility index (Phi) is 6.28. The van der Waals surface area contributed by atoms with E-state index in [1.807, 2.05) is 43.8 Å². The van der Waals surface area contributed by atoms with E-state index in [-0.39, 0.29) is 16.1 Å². The molecule has 1 heterocycles. The van der Waals surface area contributed by atoms with Crippen molar-refractivity contribution in [3.63, 3.8) is 0 Å². The van der Waals surface area contributed by atoms with E-state index in [4.69, 9.17) is 4.74 Å². The first-order valence-electron chi connectivity index (χ1n) is 10.4. The topological polar surface area (TPSA) is 26.3 Å². The maximum atomic E-state index is 11.9. The van der Waals surface area contributed by atoms with Crippen LogP contribution in [-0.4, -0.2) is 17.3 Å². The Morgan fingerprint density at radius 2 is 1.90 bits per heavy atom. The molecular weight excluding hydrogens is 376 g/mol. The number of carbonyl (C=O) groups excluding carboxylic acids is 1. The molecule has 0 aromatic heterocycles. The summed E-state index contributed by atoms with van der Waals surface area (Å²) in [6.07, 6.45) is 6.41. The summed E-state index contributed by atoms with van der Waals surface area (Å²) in [5.74, 6) is -0.252. The third-order valence-electron chi connectivity index (χ3n) is 5.44. The summed E-state index contributed by atoms with van der Waals surface area (Å²) in [5, 5.41) is 0. The van der Waals surface area contributed by atoms with Crippen LogP contribution < -0.4 is 0 Å². The Morgan fingerprint density at radius 3 is 2.59 bits per heavy atom. The maximum Gasteiger partial charge on any atom is 0.338 e. The zero-order valence-corrected chi connectivity index (χ0v) is 19.3. The molecule has 2 aromatic rings. The molecule has 0 spiro atoms. The van der Waals surface area contributed by atoms with Crippen molar-refractivity contribution in [3.8, 4) is 0 Å². The van der Waals surface area contributed by atoms with Crippen LogP contribution in [0, 0.1) is 6.92 Å². The van der Waals surface area contributed by atoms with Gasteiger partial charge in [-0.15, -0.1) is 11.8 Å². The molecule has 1 aliphatic rings. The highest BCUT2D eigenvalue weighted by Gasteiger charge is 2.37. The Hall–Kier alpha value is -2.00. The standard InChI is InChI=1S/C26H32O2S/c1-7-28-24(27)21-13-11-19(15-18(21)2)9-8-10-20-12-14-23-22(16-20)25(3,4)17-26(5,6)29-23/h8-9,11-16H,7,10,17H2,1-6H3/b9-8+. The third-order valence-corrected chi connectivity index (χ3v) is 6.71. The summed E-state index contributed by atoms with van der Waals surface area (Å²) in [4.78, 5) is 13.4. The first-order chi connectivity index (χ1) is 13.6. The predicted octanol–water partition coefficient (Wildman–Crippen LogP) is 6.98. The predicted molar refractivity (Wildman–Crippen MR) is 124 cm³/mol. The molecule has 1 aliphatic heterocycles. The van der Waals surface area contributed by atoms with Crippen molar-refractivity contribution in [2.24, 2.45) is 0 Å². The molecule has 0 unspecified atom stereocenters. The van der Waals surface area contributed by atoms with E-state index in [2.05, 4.69) is 58.0 Å². The van der Waals surface area contributed by atoms with Crippen molar-refractivity contribution < 1.29 is 9.53 Å². The van der Waals surface area contributed by atoms with Gasteiger partial charge in [0.2, 0.25) is 0 Å². The fraction of sp³-hybridized carbons (Fsp3) is 0.423. The molecule has 0 bridgehead atoms. The van der Waals surface area contributed by atoms with E-state index in [1.54, 1.807) is 0 Å². The first kappa shape index (κ1) is 21.7. The second-order valence-corrected chi connectivity index (χ2v) is 10.9. The number of thioether (sulfide) groups is 1. The van der Waals surface area contributed by atoms with Crippen LogP contribution >= 0.6 is 11.8 Å². The number of rotatable bonds is 5. The maximum absolute atomic E-state index is 11.9. The summed E-state index contributed by atoms with van der Waals surface area (Å²) in [6.45, 7) is 13.6. The molecule has 0 radical (unpaired) electrons. The number of aryl methyl sites for hydroxylation is 1.